The minimum atomic E-state index is -0.401. The van der Waals surface area contributed by atoms with Crippen LogP contribution in [0.1, 0.15) is 56.7 Å². The van der Waals surface area contributed by atoms with Crippen LogP contribution in [-0.2, 0) is 6.42 Å². The summed E-state index contributed by atoms with van der Waals surface area (Å²) in [6, 6.07) is 5.28. The third kappa shape index (κ3) is 5.79. The Balaban J connectivity index is 2.32. The number of pyridine rings is 1. The third-order valence-corrected chi connectivity index (χ3v) is 3.38. The Morgan fingerprint density at radius 3 is 2.80 bits per heavy atom. The van der Waals surface area contributed by atoms with Crippen molar-refractivity contribution in [2.75, 3.05) is 0 Å². The summed E-state index contributed by atoms with van der Waals surface area (Å²) in [5.74, 6) is 0. The molecule has 0 saturated heterocycles. The maximum absolute atomic E-state index is 10.9. The fourth-order valence-electron chi connectivity index (χ4n) is 2.19. The van der Waals surface area contributed by atoms with E-state index in [4.69, 9.17) is 5.26 Å². The van der Waals surface area contributed by atoms with Gasteiger partial charge in [-0.2, -0.15) is 5.26 Å². The zero-order chi connectivity index (χ0) is 14.8. The minimum absolute atomic E-state index is 0.143. The van der Waals surface area contributed by atoms with Crippen molar-refractivity contribution in [2.45, 2.75) is 57.9 Å². The number of aryl methyl sites for hydroxylation is 1. The Morgan fingerprint density at radius 1 is 1.40 bits per heavy atom. The number of rotatable bonds is 9. The summed E-state index contributed by atoms with van der Waals surface area (Å²) in [5, 5.41) is 19.7. The van der Waals surface area contributed by atoms with Crippen molar-refractivity contribution in [3.05, 3.63) is 39.7 Å². The van der Waals surface area contributed by atoms with Crippen molar-refractivity contribution < 1.29 is 4.92 Å². The lowest BCUT2D eigenvalue weighted by molar-refractivity contribution is -0.524. The topological polar surface area (TPSA) is 79.8 Å². The molecule has 1 unspecified atom stereocenters. The fraction of sp³-hybridized carbons (Fsp3) is 0.600. The molecule has 0 aliphatic heterocycles. The lowest BCUT2D eigenvalue weighted by atomic mass is 10.0. The van der Waals surface area contributed by atoms with Gasteiger partial charge in [-0.1, -0.05) is 13.3 Å². The maximum atomic E-state index is 10.9. The van der Waals surface area contributed by atoms with E-state index in [1.54, 1.807) is 12.3 Å². The maximum Gasteiger partial charge on any atom is 0.213 e. The minimum Gasteiger partial charge on any atom is -0.264 e. The first kappa shape index (κ1) is 16.1. The third-order valence-electron chi connectivity index (χ3n) is 3.38. The molecule has 0 aliphatic carbocycles. The molecule has 0 N–H and O–H groups in total. The van der Waals surface area contributed by atoms with Gasteiger partial charge in [0.1, 0.15) is 11.8 Å². The van der Waals surface area contributed by atoms with Crippen LogP contribution in [-0.4, -0.2) is 15.9 Å². The molecule has 0 fully saturated rings. The van der Waals surface area contributed by atoms with E-state index >= 15 is 0 Å². The summed E-state index contributed by atoms with van der Waals surface area (Å²) in [7, 11) is 0. The Hall–Kier alpha value is -1.96. The van der Waals surface area contributed by atoms with E-state index in [9.17, 15) is 10.1 Å². The molecule has 1 atom stereocenters. The van der Waals surface area contributed by atoms with Gasteiger partial charge in [0.15, 0.2) is 0 Å². The van der Waals surface area contributed by atoms with Crippen LogP contribution in [0.3, 0.4) is 0 Å². The molecule has 20 heavy (non-hydrogen) atoms. The highest BCUT2D eigenvalue weighted by Gasteiger charge is 2.18. The molecule has 5 heteroatoms. The summed E-state index contributed by atoms with van der Waals surface area (Å²) >= 11 is 0. The van der Waals surface area contributed by atoms with E-state index in [0.717, 1.165) is 37.7 Å². The second kappa shape index (κ2) is 9.03. The van der Waals surface area contributed by atoms with Crippen LogP contribution >= 0.6 is 0 Å². The van der Waals surface area contributed by atoms with Crippen LogP contribution in [0.15, 0.2) is 18.3 Å². The summed E-state index contributed by atoms with van der Waals surface area (Å²) < 4.78 is 0. The molecule has 0 aliphatic rings. The second-order valence-electron chi connectivity index (χ2n) is 4.99. The molecule has 1 heterocycles. The highest BCUT2D eigenvalue weighted by Crippen LogP contribution is 2.14. The quantitative estimate of drug-likeness (QED) is 0.392. The van der Waals surface area contributed by atoms with Gasteiger partial charge in [-0.3, -0.25) is 10.1 Å². The first-order chi connectivity index (χ1) is 9.67. The predicted molar refractivity (Wildman–Crippen MR) is 76.8 cm³/mol. The number of hydrogen-bond donors (Lipinski definition) is 0. The van der Waals surface area contributed by atoms with Crippen LogP contribution in [0.5, 0.6) is 0 Å². The van der Waals surface area contributed by atoms with Gasteiger partial charge >= 0.3 is 0 Å². The smallest absolute Gasteiger partial charge is 0.213 e. The molecule has 1 aromatic heterocycles. The zero-order valence-corrected chi connectivity index (χ0v) is 11.9. The van der Waals surface area contributed by atoms with Crippen molar-refractivity contribution in [3.63, 3.8) is 0 Å². The molecule has 108 valence electrons. The normalized spacial score (nSPS) is 11.8. The number of aromatic nitrogens is 1. The van der Waals surface area contributed by atoms with Crippen LogP contribution in [0, 0.1) is 21.4 Å². The second-order valence-corrected chi connectivity index (χ2v) is 4.99. The largest absolute Gasteiger partial charge is 0.264 e. The van der Waals surface area contributed by atoms with Gasteiger partial charge in [0.05, 0.1) is 0 Å². The standard InChI is InChI=1S/C15H21N3O2/c1-2-3-7-15(18(19)20)8-5-4-6-13-9-10-17-14(11-13)12-16/h9-11,15H,2-8H2,1H3. The SMILES string of the molecule is CCCCC(CCCCc1ccnc(C#N)c1)[N+](=O)[O-]. The molecular weight excluding hydrogens is 254 g/mol. The van der Waals surface area contributed by atoms with E-state index in [2.05, 4.69) is 4.98 Å². The van der Waals surface area contributed by atoms with Crippen LogP contribution in [0.4, 0.5) is 0 Å². The van der Waals surface area contributed by atoms with E-state index in [-0.39, 0.29) is 4.92 Å². The Kier molecular flexibility index (Phi) is 7.26. The van der Waals surface area contributed by atoms with Gasteiger partial charge in [0.25, 0.3) is 0 Å². The van der Waals surface area contributed by atoms with Gasteiger partial charge in [0, 0.05) is 24.0 Å². The van der Waals surface area contributed by atoms with Crippen LogP contribution in [0.2, 0.25) is 0 Å². The molecule has 1 aromatic rings. The molecule has 0 radical (unpaired) electrons. The van der Waals surface area contributed by atoms with Crippen LogP contribution < -0.4 is 0 Å². The molecule has 0 bridgehead atoms. The van der Waals surface area contributed by atoms with Gasteiger partial charge in [-0.25, -0.2) is 4.98 Å². The molecular formula is C15H21N3O2. The highest BCUT2D eigenvalue weighted by molar-refractivity contribution is 5.25. The summed E-state index contributed by atoms with van der Waals surface area (Å²) in [6.45, 7) is 2.05. The van der Waals surface area contributed by atoms with Crippen molar-refractivity contribution in [1.82, 2.24) is 4.98 Å². The van der Waals surface area contributed by atoms with Crippen molar-refractivity contribution in [1.29, 1.82) is 5.26 Å². The zero-order valence-electron chi connectivity index (χ0n) is 11.9. The van der Waals surface area contributed by atoms with E-state index in [0.29, 0.717) is 18.5 Å². The average Bonchev–Trinajstić information content (AvgIpc) is 2.46. The summed E-state index contributed by atoms with van der Waals surface area (Å²) in [5.41, 5.74) is 1.50. The first-order valence-corrected chi connectivity index (χ1v) is 7.16. The molecule has 0 amide bonds. The van der Waals surface area contributed by atoms with Gasteiger partial charge < -0.3 is 0 Å². The van der Waals surface area contributed by atoms with Gasteiger partial charge in [-0.05, 0) is 43.4 Å². The Labute approximate surface area is 119 Å². The number of nitriles is 1. The Morgan fingerprint density at radius 2 is 2.15 bits per heavy atom. The van der Waals surface area contributed by atoms with Crippen molar-refractivity contribution in [2.24, 2.45) is 0 Å². The highest BCUT2D eigenvalue weighted by atomic mass is 16.6. The first-order valence-electron chi connectivity index (χ1n) is 7.16. The monoisotopic (exact) mass is 275 g/mol. The number of unbranched alkanes of at least 4 members (excludes halogenated alkanes) is 2. The number of nitro groups is 1. The number of nitrogens with zero attached hydrogens (tertiary/aromatic N) is 3. The fourth-order valence-corrected chi connectivity index (χ4v) is 2.19. The van der Waals surface area contributed by atoms with Gasteiger partial charge in [-0.15, -0.1) is 0 Å². The lowest BCUT2D eigenvalue weighted by Crippen LogP contribution is -2.19. The molecule has 0 aromatic carbocycles. The van der Waals surface area contributed by atoms with Crippen LogP contribution in [0.25, 0.3) is 0 Å². The average molecular weight is 275 g/mol. The van der Waals surface area contributed by atoms with Crippen molar-refractivity contribution >= 4 is 0 Å². The Bertz CT molecular complexity index is 468. The summed E-state index contributed by atoms with van der Waals surface area (Å²) in [6.07, 6.45) is 7.47. The van der Waals surface area contributed by atoms with E-state index < -0.39 is 6.04 Å². The molecule has 5 nitrogen and oxygen atoms in total. The van der Waals surface area contributed by atoms with Gasteiger partial charge in [0.2, 0.25) is 6.04 Å². The molecule has 0 saturated carbocycles. The molecule has 0 spiro atoms. The van der Waals surface area contributed by atoms with E-state index in [1.165, 1.54) is 0 Å². The summed E-state index contributed by atoms with van der Waals surface area (Å²) in [4.78, 5) is 14.7. The van der Waals surface area contributed by atoms with Crippen molar-refractivity contribution in [3.8, 4) is 6.07 Å². The predicted octanol–water partition coefficient (Wildman–Crippen LogP) is 3.50. The number of hydrogen-bond acceptors (Lipinski definition) is 4. The van der Waals surface area contributed by atoms with E-state index in [1.807, 2.05) is 19.1 Å². The lowest BCUT2D eigenvalue weighted by Gasteiger charge is -2.08. The molecule has 1 rings (SSSR count).